The van der Waals surface area contributed by atoms with Crippen LogP contribution in [0.5, 0.6) is 5.88 Å². The van der Waals surface area contributed by atoms with Crippen molar-refractivity contribution in [2.24, 2.45) is 0 Å². The third-order valence-corrected chi connectivity index (χ3v) is 3.03. The van der Waals surface area contributed by atoms with Crippen LogP contribution in [-0.2, 0) is 0 Å². The van der Waals surface area contributed by atoms with Crippen molar-refractivity contribution in [2.45, 2.75) is 32.5 Å². The number of pyridine rings is 1. The minimum Gasteiger partial charge on any atom is -0.475 e. The molecule has 1 fully saturated rings. The molecule has 0 radical (unpaired) electrons. The van der Waals surface area contributed by atoms with Crippen LogP contribution in [0.3, 0.4) is 0 Å². The van der Waals surface area contributed by atoms with Gasteiger partial charge < -0.3 is 14.7 Å². The maximum Gasteiger partial charge on any atom is 0.254 e. The SMILES string of the molecule is CCC(C)Oc1cc(C(=O)N2CC(O)C2)ccn1. The highest BCUT2D eigenvalue weighted by molar-refractivity contribution is 5.95. The minimum atomic E-state index is -0.383. The van der Waals surface area contributed by atoms with Crippen LogP contribution in [0.4, 0.5) is 0 Å². The molecule has 1 amide bonds. The van der Waals surface area contributed by atoms with Crippen molar-refractivity contribution in [3.05, 3.63) is 23.9 Å². The number of aliphatic hydroxyl groups is 1. The second kappa shape index (κ2) is 5.35. The van der Waals surface area contributed by atoms with Gasteiger partial charge in [0.25, 0.3) is 5.91 Å². The van der Waals surface area contributed by atoms with Crippen LogP contribution in [0.1, 0.15) is 30.6 Å². The van der Waals surface area contributed by atoms with Crippen molar-refractivity contribution in [1.82, 2.24) is 9.88 Å². The third-order valence-electron chi connectivity index (χ3n) is 3.03. The number of rotatable bonds is 4. The molecular weight excluding hydrogens is 232 g/mol. The molecule has 1 aromatic rings. The van der Waals surface area contributed by atoms with Gasteiger partial charge in [-0.05, 0) is 19.4 Å². The molecule has 2 rings (SSSR count). The summed E-state index contributed by atoms with van der Waals surface area (Å²) in [4.78, 5) is 17.7. The van der Waals surface area contributed by atoms with Gasteiger partial charge in [0.2, 0.25) is 5.88 Å². The molecule has 0 saturated carbocycles. The lowest BCUT2D eigenvalue weighted by atomic mass is 10.1. The predicted molar refractivity (Wildman–Crippen MR) is 66.5 cm³/mol. The zero-order valence-corrected chi connectivity index (χ0v) is 10.7. The number of hydrogen-bond acceptors (Lipinski definition) is 4. The topological polar surface area (TPSA) is 62.7 Å². The number of nitrogens with zero attached hydrogens (tertiary/aromatic N) is 2. The largest absolute Gasteiger partial charge is 0.475 e. The second-order valence-electron chi connectivity index (χ2n) is 4.58. The van der Waals surface area contributed by atoms with E-state index in [0.29, 0.717) is 24.5 Å². The molecule has 1 aromatic heterocycles. The molecule has 5 heteroatoms. The molecule has 1 N–H and O–H groups in total. The lowest BCUT2D eigenvalue weighted by Crippen LogP contribution is -2.53. The lowest BCUT2D eigenvalue weighted by Gasteiger charge is -2.35. The number of β-amino-alcohol motifs (C(OH)–C–C–N with tert-alkyl or cyclic N) is 1. The first kappa shape index (κ1) is 12.8. The van der Waals surface area contributed by atoms with Crippen LogP contribution in [0.2, 0.25) is 0 Å². The standard InChI is InChI=1S/C13H18N2O3/c1-3-9(2)18-12-6-10(4-5-14-12)13(17)15-7-11(16)8-15/h4-6,9,11,16H,3,7-8H2,1-2H3. The second-order valence-corrected chi connectivity index (χ2v) is 4.58. The molecule has 0 bridgehead atoms. The summed E-state index contributed by atoms with van der Waals surface area (Å²) in [5.41, 5.74) is 0.551. The summed E-state index contributed by atoms with van der Waals surface area (Å²) in [5.74, 6) is 0.382. The van der Waals surface area contributed by atoms with E-state index in [1.807, 2.05) is 13.8 Å². The number of aliphatic hydroxyl groups excluding tert-OH is 1. The van der Waals surface area contributed by atoms with Crippen molar-refractivity contribution in [2.75, 3.05) is 13.1 Å². The van der Waals surface area contributed by atoms with E-state index in [2.05, 4.69) is 4.98 Å². The van der Waals surface area contributed by atoms with Crippen molar-refractivity contribution in [3.63, 3.8) is 0 Å². The van der Waals surface area contributed by atoms with E-state index in [4.69, 9.17) is 4.74 Å². The first-order valence-electron chi connectivity index (χ1n) is 6.20. The van der Waals surface area contributed by atoms with E-state index >= 15 is 0 Å². The Balaban J connectivity index is 2.04. The molecule has 0 aromatic carbocycles. The minimum absolute atomic E-state index is 0.0775. The van der Waals surface area contributed by atoms with Gasteiger partial charge in [0.1, 0.15) is 0 Å². The van der Waals surface area contributed by atoms with Gasteiger partial charge in [0.15, 0.2) is 0 Å². The summed E-state index contributed by atoms with van der Waals surface area (Å²) in [7, 11) is 0. The molecule has 18 heavy (non-hydrogen) atoms. The molecule has 1 aliphatic heterocycles. The average Bonchev–Trinajstić information content (AvgIpc) is 2.34. The summed E-state index contributed by atoms with van der Waals surface area (Å²) >= 11 is 0. The molecule has 0 spiro atoms. The number of ether oxygens (including phenoxy) is 1. The summed E-state index contributed by atoms with van der Waals surface area (Å²) < 4.78 is 5.58. The van der Waals surface area contributed by atoms with Gasteiger partial charge in [-0.3, -0.25) is 4.79 Å². The Labute approximate surface area is 106 Å². The fourth-order valence-corrected chi connectivity index (χ4v) is 1.70. The van der Waals surface area contributed by atoms with Crippen molar-refractivity contribution in [1.29, 1.82) is 0 Å². The van der Waals surface area contributed by atoms with Crippen molar-refractivity contribution < 1.29 is 14.6 Å². The fraction of sp³-hybridized carbons (Fsp3) is 0.538. The Bertz CT molecular complexity index is 430. The third kappa shape index (κ3) is 2.79. The molecular formula is C13H18N2O3. The molecule has 1 atom stereocenters. The summed E-state index contributed by atoms with van der Waals surface area (Å²) in [6, 6.07) is 3.32. The Morgan fingerprint density at radius 1 is 1.67 bits per heavy atom. The zero-order valence-electron chi connectivity index (χ0n) is 10.7. The number of likely N-dealkylation sites (tertiary alicyclic amines) is 1. The van der Waals surface area contributed by atoms with Crippen LogP contribution >= 0.6 is 0 Å². The van der Waals surface area contributed by atoms with Gasteiger partial charge in [-0.15, -0.1) is 0 Å². The fourth-order valence-electron chi connectivity index (χ4n) is 1.70. The molecule has 1 saturated heterocycles. The first-order valence-corrected chi connectivity index (χ1v) is 6.20. The Morgan fingerprint density at radius 2 is 2.39 bits per heavy atom. The normalized spacial score (nSPS) is 17.2. The van der Waals surface area contributed by atoms with E-state index in [1.165, 1.54) is 0 Å². The summed E-state index contributed by atoms with van der Waals surface area (Å²) in [6.45, 7) is 4.80. The van der Waals surface area contributed by atoms with Gasteiger partial charge in [-0.2, -0.15) is 0 Å². The molecule has 98 valence electrons. The van der Waals surface area contributed by atoms with Crippen molar-refractivity contribution in [3.8, 4) is 5.88 Å². The zero-order chi connectivity index (χ0) is 13.1. The smallest absolute Gasteiger partial charge is 0.254 e. The van der Waals surface area contributed by atoms with E-state index in [1.54, 1.807) is 23.2 Å². The number of carbonyl (C=O) groups excluding carboxylic acids is 1. The number of amides is 1. The van der Waals surface area contributed by atoms with Gasteiger partial charge >= 0.3 is 0 Å². The van der Waals surface area contributed by atoms with Crippen molar-refractivity contribution >= 4 is 5.91 Å². The maximum absolute atomic E-state index is 12.0. The molecule has 2 heterocycles. The van der Waals surface area contributed by atoms with Crippen LogP contribution < -0.4 is 4.74 Å². The Morgan fingerprint density at radius 3 is 3.00 bits per heavy atom. The van der Waals surface area contributed by atoms with Crippen LogP contribution in [0, 0.1) is 0 Å². The number of carbonyl (C=O) groups is 1. The van der Waals surface area contributed by atoms with Gasteiger partial charge in [-0.1, -0.05) is 6.92 Å². The van der Waals surface area contributed by atoms with Crippen LogP contribution in [0.15, 0.2) is 18.3 Å². The van der Waals surface area contributed by atoms with E-state index in [0.717, 1.165) is 6.42 Å². The monoisotopic (exact) mass is 250 g/mol. The maximum atomic E-state index is 12.0. The molecule has 5 nitrogen and oxygen atoms in total. The number of hydrogen-bond donors (Lipinski definition) is 1. The van der Waals surface area contributed by atoms with Gasteiger partial charge in [0.05, 0.1) is 12.2 Å². The van der Waals surface area contributed by atoms with E-state index in [-0.39, 0.29) is 18.1 Å². The lowest BCUT2D eigenvalue weighted by molar-refractivity contribution is 0.00585. The molecule has 1 unspecified atom stereocenters. The summed E-state index contributed by atoms with van der Waals surface area (Å²) in [5, 5.41) is 9.19. The molecule has 1 aliphatic rings. The summed E-state index contributed by atoms with van der Waals surface area (Å²) in [6.07, 6.45) is 2.15. The van der Waals surface area contributed by atoms with E-state index in [9.17, 15) is 9.90 Å². The van der Waals surface area contributed by atoms with Gasteiger partial charge in [0, 0.05) is 30.9 Å². The molecule has 0 aliphatic carbocycles. The quantitative estimate of drug-likeness (QED) is 0.868. The van der Waals surface area contributed by atoms with E-state index < -0.39 is 0 Å². The highest BCUT2D eigenvalue weighted by Crippen LogP contribution is 2.17. The van der Waals surface area contributed by atoms with Gasteiger partial charge in [-0.25, -0.2) is 4.98 Å². The highest BCUT2D eigenvalue weighted by Gasteiger charge is 2.29. The average molecular weight is 250 g/mol. The predicted octanol–water partition coefficient (Wildman–Crippen LogP) is 1.08. The number of aromatic nitrogens is 1. The highest BCUT2D eigenvalue weighted by atomic mass is 16.5. The Kier molecular flexibility index (Phi) is 3.81. The van der Waals surface area contributed by atoms with Crippen LogP contribution in [-0.4, -0.2) is 46.2 Å². The van der Waals surface area contributed by atoms with Crippen LogP contribution in [0.25, 0.3) is 0 Å². The Hall–Kier alpha value is -1.62. The first-order chi connectivity index (χ1) is 8.60.